The highest BCUT2D eigenvalue weighted by atomic mass is 35.5. The summed E-state index contributed by atoms with van der Waals surface area (Å²) in [6.07, 6.45) is 0. The van der Waals surface area contributed by atoms with Crippen LogP contribution in [0.1, 0.15) is 11.1 Å². The van der Waals surface area contributed by atoms with Gasteiger partial charge in [-0.15, -0.1) is 0 Å². The van der Waals surface area contributed by atoms with Crippen molar-refractivity contribution in [3.63, 3.8) is 0 Å². The number of rotatable bonds is 3. The molecule has 6 N–H and O–H groups in total. The zero-order chi connectivity index (χ0) is 15.9. The first-order chi connectivity index (χ1) is 10.5. The van der Waals surface area contributed by atoms with Crippen LogP contribution in [0.5, 0.6) is 0 Å². The van der Waals surface area contributed by atoms with Gasteiger partial charge >= 0.3 is 0 Å². The lowest BCUT2D eigenvalue weighted by molar-refractivity contribution is 1.32. The Morgan fingerprint density at radius 3 is 2.05 bits per heavy atom. The Morgan fingerprint density at radius 1 is 0.864 bits per heavy atom. The van der Waals surface area contributed by atoms with E-state index in [1.165, 1.54) is 0 Å². The predicted octanol–water partition coefficient (Wildman–Crippen LogP) is 2.88. The average Bonchev–Trinajstić information content (AvgIpc) is 2.84. The number of fused-ring (bicyclic) bond motifs is 1. The fraction of sp³-hybridized carbons (Fsp3) is 0. The molecule has 0 aliphatic rings. The van der Waals surface area contributed by atoms with E-state index in [1.54, 1.807) is 28.4 Å². The Labute approximate surface area is 132 Å². The quantitative estimate of drug-likeness (QED) is 0.441. The van der Waals surface area contributed by atoms with E-state index in [-0.39, 0.29) is 11.7 Å². The highest BCUT2D eigenvalue weighted by Gasteiger charge is 2.11. The van der Waals surface area contributed by atoms with Gasteiger partial charge in [-0.1, -0.05) is 36.4 Å². The largest absolute Gasteiger partial charge is 0.384 e. The maximum absolute atomic E-state index is 7.51. The van der Waals surface area contributed by atoms with Crippen molar-refractivity contribution in [3.8, 4) is 11.3 Å². The van der Waals surface area contributed by atoms with Gasteiger partial charge in [-0.3, -0.25) is 14.9 Å². The number of aromatic nitrogens is 1. The van der Waals surface area contributed by atoms with E-state index >= 15 is 0 Å². The number of hydrogen-bond acceptors (Lipinski definition) is 2. The molecule has 1 aromatic heterocycles. The number of nitrogens with one attached hydrogen (secondary N) is 2. The van der Waals surface area contributed by atoms with Crippen LogP contribution in [0.4, 0.5) is 0 Å². The van der Waals surface area contributed by atoms with E-state index in [0.29, 0.717) is 11.1 Å². The molecule has 0 fully saturated rings. The van der Waals surface area contributed by atoms with Crippen LogP contribution in [0.3, 0.4) is 0 Å². The van der Waals surface area contributed by atoms with Crippen LogP contribution in [0.2, 0.25) is 0 Å². The molecule has 0 aliphatic heterocycles. The third-order valence-electron chi connectivity index (χ3n) is 3.55. The van der Waals surface area contributed by atoms with Gasteiger partial charge in [0.05, 0.1) is 11.2 Å². The summed E-state index contributed by atoms with van der Waals surface area (Å²) in [5, 5.41) is 15.9. The topological polar surface area (TPSA) is 105 Å². The highest BCUT2D eigenvalue weighted by Crippen LogP contribution is 2.30. The van der Waals surface area contributed by atoms with E-state index in [9.17, 15) is 0 Å². The molecule has 1 heterocycles. The summed E-state index contributed by atoms with van der Waals surface area (Å²) in [4.78, 5) is 0. The van der Waals surface area contributed by atoms with Crippen molar-refractivity contribution in [2.75, 3.05) is 0 Å². The minimum absolute atomic E-state index is 0.00660. The molecule has 0 aliphatic carbocycles. The number of hydrogen-bond donors (Lipinski definition) is 4. The first kappa shape index (κ1) is 14.2. The summed E-state index contributed by atoms with van der Waals surface area (Å²) >= 11 is 6.41. The molecule has 0 spiro atoms. The first-order valence-electron chi connectivity index (χ1n) is 6.58. The van der Waals surface area contributed by atoms with Crippen LogP contribution in [0.25, 0.3) is 22.2 Å². The maximum Gasteiger partial charge on any atom is 0.122 e. The molecule has 6 heteroatoms. The minimum atomic E-state index is 0.00660. The standard InChI is InChI=1S/C16H14ClN5/c17-22-13(9-1-3-10(4-2-9)15(18)19)7-11-5-6-12(16(20)21)8-14(11)22/h1-8H,(H3,18,19)(H3,20,21). The molecule has 3 aromatic rings. The van der Waals surface area contributed by atoms with E-state index in [4.69, 9.17) is 34.1 Å². The van der Waals surface area contributed by atoms with Crippen molar-refractivity contribution >= 4 is 34.4 Å². The number of amidine groups is 2. The molecule has 110 valence electrons. The molecule has 0 saturated heterocycles. The number of benzene rings is 2. The van der Waals surface area contributed by atoms with Crippen molar-refractivity contribution in [2.24, 2.45) is 11.5 Å². The lowest BCUT2D eigenvalue weighted by Gasteiger charge is -2.04. The molecule has 2 aromatic carbocycles. The molecule has 5 nitrogen and oxygen atoms in total. The molecule has 0 atom stereocenters. The summed E-state index contributed by atoms with van der Waals surface area (Å²) in [5.74, 6) is 0.0381. The Bertz CT molecular complexity index is 893. The molecule has 0 unspecified atom stereocenters. The lowest BCUT2D eigenvalue weighted by Crippen LogP contribution is -2.10. The van der Waals surface area contributed by atoms with Crippen LogP contribution in [0.15, 0.2) is 48.5 Å². The summed E-state index contributed by atoms with van der Waals surface area (Å²) in [7, 11) is 0. The fourth-order valence-corrected chi connectivity index (χ4v) is 2.65. The third-order valence-corrected chi connectivity index (χ3v) is 3.91. The van der Waals surface area contributed by atoms with Gasteiger partial charge in [0.1, 0.15) is 11.7 Å². The molecular weight excluding hydrogens is 298 g/mol. The van der Waals surface area contributed by atoms with Crippen molar-refractivity contribution in [2.45, 2.75) is 0 Å². The van der Waals surface area contributed by atoms with E-state index < -0.39 is 0 Å². The van der Waals surface area contributed by atoms with Crippen LogP contribution in [-0.2, 0) is 0 Å². The minimum Gasteiger partial charge on any atom is -0.384 e. The Morgan fingerprint density at radius 2 is 1.45 bits per heavy atom. The summed E-state index contributed by atoms with van der Waals surface area (Å²) < 4.78 is 1.55. The summed E-state index contributed by atoms with van der Waals surface area (Å²) in [6, 6.07) is 14.8. The van der Waals surface area contributed by atoms with Gasteiger partial charge in [-0.2, -0.15) is 0 Å². The second-order valence-corrected chi connectivity index (χ2v) is 5.33. The monoisotopic (exact) mass is 311 g/mol. The molecule has 0 amide bonds. The van der Waals surface area contributed by atoms with Crippen LogP contribution >= 0.6 is 11.8 Å². The number of nitrogens with two attached hydrogens (primary N) is 2. The van der Waals surface area contributed by atoms with Gasteiger partial charge in [0, 0.05) is 28.3 Å². The molecule has 3 rings (SSSR count). The maximum atomic E-state index is 7.51. The van der Waals surface area contributed by atoms with Gasteiger partial charge in [-0.25, -0.2) is 0 Å². The fourth-order valence-electron chi connectivity index (χ4n) is 2.35. The molecule has 0 radical (unpaired) electrons. The van der Waals surface area contributed by atoms with Crippen LogP contribution < -0.4 is 11.5 Å². The highest BCUT2D eigenvalue weighted by molar-refractivity contribution is 6.21. The third kappa shape index (κ3) is 2.31. The number of nitrogens with zero attached hydrogens (tertiary/aromatic N) is 1. The zero-order valence-electron chi connectivity index (χ0n) is 11.6. The zero-order valence-corrected chi connectivity index (χ0v) is 12.4. The molecule has 0 saturated carbocycles. The van der Waals surface area contributed by atoms with E-state index in [2.05, 4.69) is 0 Å². The lowest BCUT2D eigenvalue weighted by atomic mass is 10.1. The number of nitrogen functional groups attached to an aromatic ring is 2. The Kier molecular flexibility index (Phi) is 3.35. The Balaban J connectivity index is 2.13. The van der Waals surface area contributed by atoms with Crippen LogP contribution in [-0.4, -0.2) is 15.8 Å². The average molecular weight is 312 g/mol. The van der Waals surface area contributed by atoms with Gasteiger partial charge in [0.15, 0.2) is 0 Å². The van der Waals surface area contributed by atoms with Crippen LogP contribution in [0, 0.1) is 10.8 Å². The predicted molar refractivity (Wildman–Crippen MR) is 90.7 cm³/mol. The summed E-state index contributed by atoms with van der Waals surface area (Å²) in [5.41, 5.74) is 14.8. The smallest absolute Gasteiger partial charge is 0.122 e. The normalized spacial score (nSPS) is 10.8. The van der Waals surface area contributed by atoms with Gasteiger partial charge in [-0.05, 0) is 17.7 Å². The van der Waals surface area contributed by atoms with Gasteiger partial charge < -0.3 is 11.5 Å². The molecular formula is C16H14ClN5. The molecule has 22 heavy (non-hydrogen) atoms. The van der Waals surface area contributed by atoms with Crippen molar-refractivity contribution in [1.29, 1.82) is 10.8 Å². The van der Waals surface area contributed by atoms with E-state index in [0.717, 1.165) is 22.2 Å². The molecule has 0 bridgehead atoms. The Hall–Kier alpha value is -2.79. The summed E-state index contributed by atoms with van der Waals surface area (Å²) in [6.45, 7) is 0. The SMILES string of the molecule is N=C(N)c1ccc(-c2cc3ccc(C(=N)N)cc3n2Cl)cc1. The van der Waals surface area contributed by atoms with Crippen molar-refractivity contribution in [3.05, 3.63) is 59.7 Å². The first-order valence-corrected chi connectivity index (χ1v) is 6.92. The van der Waals surface area contributed by atoms with Gasteiger partial charge in [0.25, 0.3) is 0 Å². The van der Waals surface area contributed by atoms with Crippen molar-refractivity contribution in [1.82, 2.24) is 4.09 Å². The van der Waals surface area contributed by atoms with Crippen molar-refractivity contribution < 1.29 is 0 Å². The van der Waals surface area contributed by atoms with Gasteiger partial charge in [0.2, 0.25) is 0 Å². The second-order valence-electron chi connectivity index (χ2n) is 4.99. The number of halogens is 1. The van der Waals surface area contributed by atoms with E-state index in [1.807, 2.05) is 24.3 Å². The second kappa shape index (κ2) is 5.20.